The zero-order chi connectivity index (χ0) is 20.1. The van der Waals surface area contributed by atoms with Crippen molar-refractivity contribution in [3.05, 3.63) is 81.6 Å². The molecule has 1 aromatic heterocycles. The largest absolute Gasteiger partial charge is 0.358 e. The highest BCUT2D eigenvalue weighted by Crippen LogP contribution is 2.27. The maximum atomic E-state index is 12.3. The standard InChI is InChI=1S/C19H12ClN5O3/c20-15-7-6-14(9-17(15)25(27)28)24-19(26)13(10-21)11-23-16-5-1-3-12-4-2-8-22-18(12)16/h1-9,11,23H,(H,24,26)/b13-11-. The summed E-state index contributed by atoms with van der Waals surface area (Å²) in [5.41, 5.74) is 0.898. The van der Waals surface area contributed by atoms with E-state index in [1.54, 1.807) is 24.4 Å². The molecular formula is C19H12ClN5O3. The Labute approximate surface area is 164 Å². The Kier molecular flexibility index (Phi) is 5.48. The minimum Gasteiger partial charge on any atom is -0.358 e. The fourth-order valence-electron chi connectivity index (χ4n) is 2.45. The van der Waals surface area contributed by atoms with Crippen LogP contribution in [0, 0.1) is 21.4 Å². The van der Waals surface area contributed by atoms with E-state index in [1.165, 1.54) is 18.3 Å². The average molecular weight is 394 g/mol. The van der Waals surface area contributed by atoms with Gasteiger partial charge in [0.1, 0.15) is 16.7 Å². The predicted octanol–water partition coefficient (Wildman–Crippen LogP) is 4.25. The number of nitrogens with one attached hydrogen (secondary N) is 2. The molecule has 2 N–H and O–H groups in total. The Hall–Kier alpha value is -3.96. The van der Waals surface area contributed by atoms with Crippen LogP contribution in [0.25, 0.3) is 10.9 Å². The predicted molar refractivity (Wildman–Crippen MR) is 106 cm³/mol. The maximum Gasteiger partial charge on any atom is 0.289 e. The SMILES string of the molecule is N#C/C(=C/Nc1cccc2cccnc12)C(=O)Nc1ccc(Cl)c([N+](=O)[O-])c1. The van der Waals surface area contributed by atoms with Crippen molar-refractivity contribution in [2.45, 2.75) is 0 Å². The minimum absolute atomic E-state index is 0.0517. The molecule has 0 spiro atoms. The summed E-state index contributed by atoms with van der Waals surface area (Å²) in [6, 6.07) is 14.8. The third-order valence-corrected chi connectivity index (χ3v) is 4.09. The van der Waals surface area contributed by atoms with E-state index in [0.717, 1.165) is 11.5 Å². The van der Waals surface area contributed by atoms with Crippen LogP contribution in [-0.4, -0.2) is 15.8 Å². The number of hydrogen-bond acceptors (Lipinski definition) is 6. The highest BCUT2D eigenvalue weighted by atomic mass is 35.5. The summed E-state index contributed by atoms with van der Waals surface area (Å²) in [5, 5.41) is 26.4. The number of halogens is 1. The van der Waals surface area contributed by atoms with Crippen molar-refractivity contribution in [2.75, 3.05) is 10.6 Å². The Morgan fingerprint density at radius 2 is 2.04 bits per heavy atom. The molecule has 0 radical (unpaired) electrons. The number of pyridine rings is 1. The van der Waals surface area contributed by atoms with Gasteiger partial charge < -0.3 is 10.6 Å². The monoisotopic (exact) mass is 393 g/mol. The van der Waals surface area contributed by atoms with Gasteiger partial charge >= 0.3 is 0 Å². The van der Waals surface area contributed by atoms with Gasteiger partial charge in [-0.15, -0.1) is 0 Å². The molecule has 1 heterocycles. The van der Waals surface area contributed by atoms with E-state index < -0.39 is 10.8 Å². The van der Waals surface area contributed by atoms with Crippen LogP contribution >= 0.6 is 11.6 Å². The van der Waals surface area contributed by atoms with E-state index in [9.17, 15) is 20.2 Å². The molecule has 1 amide bonds. The lowest BCUT2D eigenvalue weighted by molar-refractivity contribution is -0.384. The van der Waals surface area contributed by atoms with Gasteiger partial charge in [-0.2, -0.15) is 5.26 Å². The number of carbonyl (C=O) groups is 1. The van der Waals surface area contributed by atoms with Crippen molar-refractivity contribution in [3.63, 3.8) is 0 Å². The normalized spacial score (nSPS) is 10.9. The Morgan fingerprint density at radius 1 is 1.25 bits per heavy atom. The number of nitriles is 1. The maximum absolute atomic E-state index is 12.3. The molecule has 0 saturated heterocycles. The van der Waals surface area contributed by atoms with Crippen LogP contribution in [0.3, 0.4) is 0 Å². The van der Waals surface area contributed by atoms with Gasteiger partial charge in [0.15, 0.2) is 0 Å². The highest BCUT2D eigenvalue weighted by molar-refractivity contribution is 6.32. The second-order valence-corrected chi connectivity index (χ2v) is 5.98. The summed E-state index contributed by atoms with van der Waals surface area (Å²) in [5.74, 6) is -0.722. The first-order chi connectivity index (χ1) is 13.5. The van der Waals surface area contributed by atoms with E-state index in [4.69, 9.17) is 11.6 Å². The Balaban J connectivity index is 1.81. The summed E-state index contributed by atoms with van der Waals surface area (Å²) in [4.78, 5) is 26.9. The van der Waals surface area contributed by atoms with E-state index in [0.29, 0.717) is 11.2 Å². The Morgan fingerprint density at radius 3 is 2.79 bits per heavy atom. The molecule has 9 heteroatoms. The van der Waals surface area contributed by atoms with Gasteiger partial charge in [0.05, 0.1) is 16.1 Å². The van der Waals surface area contributed by atoms with Crippen molar-refractivity contribution in [2.24, 2.45) is 0 Å². The molecule has 3 rings (SSSR count). The molecular weight excluding hydrogens is 382 g/mol. The summed E-state index contributed by atoms with van der Waals surface area (Å²) in [6.45, 7) is 0. The molecule has 138 valence electrons. The smallest absolute Gasteiger partial charge is 0.289 e. The Bertz CT molecular complexity index is 1150. The minimum atomic E-state index is -0.722. The lowest BCUT2D eigenvalue weighted by Gasteiger charge is -2.07. The van der Waals surface area contributed by atoms with Gasteiger partial charge in [0, 0.05) is 29.5 Å². The molecule has 0 unspecified atom stereocenters. The second kappa shape index (κ2) is 8.16. The number of hydrogen-bond donors (Lipinski definition) is 2. The first kappa shape index (κ1) is 18.8. The van der Waals surface area contributed by atoms with Crippen molar-refractivity contribution < 1.29 is 9.72 Å². The van der Waals surface area contributed by atoms with E-state index in [1.807, 2.05) is 18.2 Å². The zero-order valence-electron chi connectivity index (χ0n) is 14.2. The molecule has 0 saturated carbocycles. The summed E-state index contributed by atoms with van der Waals surface area (Å²) in [6.07, 6.45) is 2.89. The summed E-state index contributed by atoms with van der Waals surface area (Å²) < 4.78 is 0. The third-order valence-electron chi connectivity index (χ3n) is 3.77. The average Bonchev–Trinajstić information content (AvgIpc) is 2.69. The molecule has 8 nitrogen and oxygen atoms in total. The quantitative estimate of drug-likeness (QED) is 0.289. The number of aromatic nitrogens is 1. The summed E-state index contributed by atoms with van der Waals surface area (Å²) >= 11 is 5.75. The molecule has 0 aliphatic carbocycles. The van der Waals surface area contributed by atoms with Gasteiger partial charge in [-0.3, -0.25) is 19.9 Å². The number of carbonyl (C=O) groups excluding carboxylic acids is 1. The van der Waals surface area contributed by atoms with Crippen LogP contribution in [0.4, 0.5) is 17.1 Å². The van der Waals surface area contributed by atoms with Crippen LogP contribution < -0.4 is 10.6 Å². The highest BCUT2D eigenvalue weighted by Gasteiger charge is 2.15. The van der Waals surface area contributed by atoms with E-state index in [-0.39, 0.29) is 22.0 Å². The molecule has 3 aromatic rings. The van der Waals surface area contributed by atoms with Crippen molar-refractivity contribution in [1.82, 2.24) is 4.98 Å². The van der Waals surface area contributed by atoms with Crippen molar-refractivity contribution >= 4 is 45.5 Å². The number of para-hydroxylation sites is 1. The van der Waals surface area contributed by atoms with Crippen LogP contribution in [0.15, 0.2) is 66.5 Å². The first-order valence-electron chi connectivity index (χ1n) is 7.95. The van der Waals surface area contributed by atoms with Crippen LogP contribution in [0.5, 0.6) is 0 Å². The summed E-state index contributed by atoms with van der Waals surface area (Å²) in [7, 11) is 0. The molecule has 0 aliphatic rings. The number of amides is 1. The van der Waals surface area contributed by atoms with Crippen LogP contribution in [0.1, 0.15) is 0 Å². The zero-order valence-corrected chi connectivity index (χ0v) is 15.0. The van der Waals surface area contributed by atoms with E-state index >= 15 is 0 Å². The van der Waals surface area contributed by atoms with Crippen molar-refractivity contribution in [1.29, 1.82) is 5.26 Å². The fraction of sp³-hybridized carbons (Fsp3) is 0. The lowest BCUT2D eigenvalue weighted by atomic mass is 10.2. The molecule has 0 bridgehead atoms. The number of rotatable bonds is 5. The molecule has 28 heavy (non-hydrogen) atoms. The van der Waals surface area contributed by atoms with Gasteiger partial charge in [-0.05, 0) is 24.3 Å². The second-order valence-electron chi connectivity index (χ2n) is 5.57. The van der Waals surface area contributed by atoms with Gasteiger partial charge in [-0.1, -0.05) is 29.8 Å². The number of nitro benzene ring substituents is 1. The van der Waals surface area contributed by atoms with Gasteiger partial charge in [0.2, 0.25) is 0 Å². The lowest BCUT2D eigenvalue weighted by Crippen LogP contribution is -2.14. The number of nitrogens with zero attached hydrogens (tertiary/aromatic N) is 3. The van der Waals surface area contributed by atoms with Crippen LogP contribution in [-0.2, 0) is 4.79 Å². The first-order valence-corrected chi connectivity index (χ1v) is 8.33. The van der Waals surface area contributed by atoms with Gasteiger partial charge in [-0.25, -0.2) is 0 Å². The van der Waals surface area contributed by atoms with E-state index in [2.05, 4.69) is 15.6 Å². The van der Waals surface area contributed by atoms with Crippen molar-refractivity contribution in [3.8, 4) is 6.07 Å². The molecule has 0 atom stereocenters. The fourth-order valence-corrected chi connectivity index (χ4v) is 2.63. The van der Waals surface area contributed by atoms with Gasteiger partial charge in [0.25, 0.3) is 11.6 Å². The molecule has 2 aromatic carbocycles. The number of benzene rings is 2. The topological polar surface area (TPSA) is 121 Å². The number of fused-ring (bicyclic) bond motifs is 1. The number of nitro groups is 1. The van der Waals surface area contributed by atoms with Crippen LogP contribution in [0.2, 0.25) is 5.02 Å². The molecule has 0 aliphatic heterocycles. The number of anilines is 2. The molecule has 0 fully saturated rings. The third kappa shape index (κ3) is 4.06.